The van der Waals surface area contributed by atoms with Gasteiger partial charge in [-0.05, 0) is 56.3 Å². The van der Waals surface area contributed by atoms with E-state index in [1.165, 1.54) is 0 Å². The lowest BCUT2D eigenvalue weighted by Gasteiger charge is -2.28. The minimum absolute atomic E-state index is 0.0992. The van der Waals surface area contributed by atoms with E-state index in [-0.39, 0.29) is 5.91 Å². The first-order chi connectivity index (χ1) is 13.6. The van der Waals surface area contributed by atoms with Gasteiger partial charge in [-0.15, -0.1) is 0 Å². The molecule has 0 radical (unpaired) electrons. The number of aromatic nitrogens is 1. The Morgan fingerprint density at radius 2 is 1.86 bits per heavy atom. The van der Waals surface area contributed by atoms with E-state index < -0.39 is 0 Å². The van der Waals surface area contributed by atoms with Gasteiger partial charge >= 0.3 is 0 Å². The molecule has 0 atom stereocenters. The predicted molar refractivity (Wildman–Crippen MR) is 109 cm³/mol. The highest BCUT2D eigenvalue weighted by Crippen LogP contribution is 2.22. The van der Waals surface area contributed by atoms with Gasteiger partial charge in [-0.2, -0.15) is 0 Å². The number of benzene rings is 1. The number of anilines is 2. The fourth-order valence-electron chi connectivity index (χ4n) is 3.61. The standard InChI is InChI=1S/C22H25N3O3/c1-16-14-21(17(2)25(16)15-20-4-3-11-28-20)22(26)23-18-5-7-19(8-6-18)24-9-12-27-13-10-24/h3-8,11,14H,9-10,12-13,15H2,1-2H3,(H,23,26). The summed E-state index contributed by atoms with van der Waals surface area (Å²) >= 11 is 0. The maximum atomic E-state index is 12.8. The Labute approximate surface area is 164 Å². The van der Waals surface area contributed by atoms with Crippen molar-refractivity contribution in [2.45, 2.75) is 20.4 Å². The van der Waals surface area contributed by atoms with Crippen molar-refractivity contribution >= 4 is 17.3 Å². The zero-order chi connectivity index (χ0) is 19.5. The number of aryl methyl sites for hydroxylation is 1. The van der Waals surface area contributed by atoms with Crippen LogP contribution in [0.15, 0.2) is 53.1 Å². The molecule has 0 saturated carbocycles. The number of rotatable bonds is 5. The molecule has 2 aromatic heterocycles. The van der Waals surface area contributed by atoms with E-state index in [0.29, 0.717) is 12.1 Å². The SMILES string of the molecule is Cc1cc(C(=O)Nc2ccc(N3CCOCC3)cc2)c(C)n1Cc1ccco1. The summed E-state index contributed by atoms with van der Waals surface area (Å²) < 4.78 is 12.9. The normalized spacial score (nSPS) is 14.3. The van der Waals surface area contributed by atoms with Crippen LogP contribution < -0.4 is 10.2 Å². The average molecular weight is 379 g/mol. The number of ether oxygens (including phenoxy) is 1. The van der Waals surface area contributed by atoms with Crippen molar-refractivity contribution in [3.05, 3.63) is 71.4 Å². The van der Waals surface area contributed by atoms with Gasteiger partial charge < -0.3 is 23.9 Å². The van der Waals surface area contributed by atoms with E-state index in [2.05, 4.69) is 14.8 Å². The Morgan fingerprint density at radius 1 is 1.11 bits per heavy atom. The van der Waals surface area contributed by atoms with Crippen LogP contribution >= 0.6 is 0 Å². The summed E-state index contributed by atoms with van der Waals surface area (Å²) in [7, 11) is 0. The molecular weight excluding hydrogens is 354 g/mol. The fourth-order valence-corrected chi connectivity index (χ4v) is 3.61. The zero-order valence-corrected chi connectivity index (χ0v) is 16.3. The smallest absolute Gasteiger partial charge is 0.257 e. The molecule has 1 amide bonds. The first-order valence-corrected chi connectivity index (χ1v) is 9.55. The molecule has 6 nitrogen and oxygen atoms in total. The van der Waals surface area contributed by atoms with Gasteiger partial charge in [0.05, 0.1) is 31.6 Å². The Balaban J connectivity index is 1.46. The third kappa shape index (κ3) is 3.82. The van der Waals surface area contributed by atoms with Crippen LogP contribution in [-0.2, 0) is 11.3 Å². The first kappa shape index (κ1) is 18.4. The minimum atomic E-state index is -0.0992. The van der Waals surface area contributed by atoms with Gasteiger partial charge in [0.15, 0.2) is 0 Å². The van der Waals surface area contributed by atoms with Crippen molar-refractivity contribution in [3.63, 3.8) is 0 Å². The molecule has 28 heavy (non-hydrogen) atoms. The quantitative estimate of drug-likeness (QED) is 0.732. The summed E-state index contributed by atoms with van der Waals surface area (Å²) in [5.74, 6) is 0.769. The molecule has 146 valence electrons. The van der Waals surface area contributed by atoms with E-state index >= 15 is 0 Å². The second-order valence-electron chi connectivity index (χ2n) is 7.05. The highest BCUT2D eigenvalue weighted by Gasteiger charge is 2.17. The molecule has 1 saturated heterocycles. The molecule has 1 aliphatic rings. The van der Waals surface area contributed by atoms with Crippen LogP contribution in [0.4, 0.5) is 11.4 Å². The second-order valence-corrected chi connectivity index (χ2v) is 7.05. The van der Waals surface area contributed by atoms with Crippen LogP contribution in [0, 0.1) is 13.8 Å². The van der Waals surface area contributed by atoms with Crippen LogP contribution in [0.1, 0.15) is 27.5 Å². The highest BCUT2D eigenvalue weighted by molar-refractivity contribution is 6.05. The Morgan fingerprint density at radius 3 is 2.54 bits per heavy atom. The van der Waals surface area contributed by atoms with Gasteiger partial charge in [0.2, 0.25) is 0 Å². The lowest BCUT2D eigenvalue weighted by Crippen LogP contribution is -2.36. The molecule has 3 aromatic rings. The summed E-state index contributed by atoms with van der Waals surface area (Å²) in [5, 5.41) is 3.01. The second kappa shape index (κ2) is 7.94. The van der Waals surface area contributed by atoms with Crippen LogP contribution in [0.3, 0.4) is 0 Å². The molecule has 6 heteroatoms. The lowest BCUT2D eigenvalue weighted by atomic mass is 10.2. The zero-order valence-electron chi connectivity index (χ0n) is 16.3. The maximum absolute atomic E-state index is 12.8. The first-order valence-electron chi connectivity index (χ1n) is 9.55. The molecule has 1 fully saturated rings. The van der Waals surface area contributed by atoms with Crippen LogP contribution in [0.5, 0.6) is 0 Å². The third-order valence-corrected chi connectivity index (χ3v) is 5.21. The highest BCUT2D eigenvalue weighted by atomic mass is 16.5. The number of hydrogen-bond acceptors (Lipinski definition) is 4. The van der Waals surface area contributed by atoms with Crippen molar-refractivity contribution in [1.29, 1.82) is 0 Å². The Bertz CT molecular complexity index is 936. The number of hydrogen-bond donors (Lipinski definition) is 1. The van der Waals surface area contributed by atoms with E-state index in [0.717, 1.165) is 54.8 Å². The van der Waals surface area contributed by atoms with Crippen LogP contribution in [0.2, 0.25) is 0 Å². The van der Waals surface area contributed by atoms with Gasteiger partial charge in [-0.1, -0.05) is 0 Å². The number of carbonyl (C=O) groups excluding carboxylic acids is 1. The summed E-state index contributed by atoms with van der Waals surface area (Å²) in [6, 6.07) is 13.7. The Kier molecular flexibility index (Phi) is 5.21. The topological polar surface area (TPSA) is 59.6 Å². The van der Waals surface area contributed by atoms with E-state index in [1.807, 2.05) is 56.3 Å². The van der Waals surface area contributed by atoms with Gasteiger partial charge in [-0.3, -0.25) is 4.79 Å². The fraction of sp³-hybridized carbons (Fsp3) is 0.318. The number of nitrogens with one attached hydrogen (secondary N) is 1. The summed E-state index contributed by atoms with van der Waals surface area (Å²) in [4.78, 5) is 15.1. The van der Waals surface area contributed by atoms with Crippen molar-refractivity contribution in [1.82, 2.24) is 4.57 Å². The predicted octanol–water partition coefficient (Wildman–Crippen LogP) is 3.84. The lowest BCUT2D eigenvalue weighted by molar-refractivity contribution is 0.102. The van der Waals surface area contributed by atoms with Crippen molar-refractivity contribution in [2.75, 3.05) is 36.5 Å². The van der Waals surface area contributed by atoms with Crippen molar-refractivity contribution in [3.8, 4) is 0 Å². The van der Waals surface area contributed by atoms with Gasteiger partial charge in [0, 0.05) is 35.9 Å². The molecule has 3 heterocycles. The molecule has 1 aromatic carbocycles. The maximum Gasteiger partial charge on any atom is 0.257 e. The van der Waals surface area contributed by atoms with Crippen molar-refractivity contribution in [2.24, 2.45) is 0 Å². The monoisotopic (exact) mass is 379 g/mol. The molecule has 4 rings (SSSR count). The number of carbonyl (C=O) groups is 1. The Hall–Kier alpha value is -2.99. The summed E-state index contributed by atoms with van der Waals surface area (Å²) in [5.41, 5.74) is 4.58. The molecule has 0 unspecified atom stereocenters. The van der Waals surface area contributed by atoms with E-state index in [1.54, 1.807) is 6.26 Å². The number of amides is 1. The van der Waals surface area contributed by atoms with Gasteiger partial charge in [0.1, 0.15) is 5.76 Å². The van der Waals surface area contributed by atoms with Gasteiger partial charge in [-0.25, -0.2) is 0 Å². The largest absolute Gasteiger partial charge is 0.467 e. The van der Waals surface area contributed by atoms with Crippen LogP contribution in [-0.4, -0.2) is 36.8 Å². The number of nitrogens with zero attached hydrogens (tertiary/aromatic N) is 2. The molecule has 1 aliphatic heterocycles. The van der Waals surface area contributed by atoms with Crippen molar-refractivity contribution < 1.29 is 13.9 Å². The molecule has 0 aliphatic carbocycles. The molecular formula is C22H25N3O3. The molecule has 0 spiro atoms. The summed E-state index contributed by atoms with van der Waals surface area (Å²) in [6.07, 6.45) is 1.66. The molecule has 0 bridgehead atoms. The minimum Gasteiger partial charge on any atom is -0.467 e. The van der Waals surface area contributed by atoms with Crippen LogP contribution in [0.25, 0.3) is 0 Å². The van der Waals surface area contributed by atoms with Gasteiger partial charge in [0.25, 0.3) is 5.91 Å². The number of morpholine rings is 1. The molecule has 1 N–H and O–H groups in total. The number of furan rings is 1. The van der Waals surface area contributed by atoms with E-state index in [9.17, 15) is 4.79 Å². The average Bonchev–Trinajstić information content (AvgIpc) is 3.33. The van der Waals surface area contributed by atoms with E-state index in [4.69, 9.17) is 9.15 Å². The summed E-state index contributed by atoms with van der Waals surface area (Å²) in [6.45, 7) is 7.89. The third-order valence-electron chi connectivity index (χ3n) is 5.21.